The predicted octanol–water partition coefficient (Wildman–Crippen LogP) is 1.92. The van der Waals surface area contributed by atoms with E-state index in [1.807, 2.05) is 6.92 Å². The summed E-state index contributed by atoms with van der Waals surface area (Å²) in [5.41, 5.74) is 0.694. The summed E-state index contributed by atoms with van der Waals surface area (Å²) in [5, 5.41) is 3.32. The van der Waals surface area contributed by atoms with Gasteiger partial charge in [0.2, 0.25) is 10.0 Å². The van der Waals surface area contributed by atoms with Crippen molar-refractivity contribution >= 4 is 44.8 Å². The first-order valence-electron chi connectivity index (χ1n) is 9.61. The van der Waals surface area contributed by atoms with Crippen LogP contribution in [0.5, 0.6) is 5.75 Å². The van der Waals surface area contributed by atoms with Gasteiger partial charge in [0, 0.05) is 10.7 Å². The normalized spacial score (nSPS) is 15.7. The van der Waals surface area contributed by atoms with Crippen LogP contribution in [0.4, 0.5) is 5.69 Å². The van der Waals surface area contributed by atoms with Crippen molar-refractivity contribution in [2.45, 2.75) is 11.8 Å². The zero-order chi connectivity index (χ0) is 21.7. The number of piperazine rings is 1. The molecule has 0 bridgehead atoms. The second kappa shape index (κ2) is 9.98. The van der Waals surface area contributed by atoms with Crippen molar-refractivity contribution in [3.8, 4) is 5.75 Å². The Hall–Kier alpha value is -1.84. The van der Waals surface area contributed by atoms with E-state index in [0.717, 1.165) is 10.6 Å². The van der Waals surface area contributed by atoms with Crippen LogP contribution in [-0.4, -0.2) is 58.0 Å². The maximum atomic E-state index is 12.9. The number of sulfonamides is 1. The number of carbonyl (C=O) groups is 1. The summed E-state index contributed by atoms with van der Waals surface area (Å²) in [4.78, 5) is 13.4. The molecule has 2 N–H and O–H groups in total. The molecule has 0 unspecified atom stereocenters. The molecule has 30 heavy (non-hydrogen) atoms. The van der Waals surface area contributed by atoms with Crippen molar-refractivity contribution in [3.05, 3.63) is 52.5 Å². The highest BCUT2D eigenvalue weighted by Crippen LogP contribution is 2.27. The van der Waals surface area contributed by atoms with Crippen LogP contribution in [0.2, 0.25) is 10.0 Å². The summed E-state index contributed by atoms with van der Waals surface area (Å²) in [7, 11) is -3.73. The van der Waals surface area contributed by atoms with Gasteiger partial charge in [0.25, 0.3) is 5.91 Å². The molecule has 10 heteroatoms. The zero-order valence-electron chi connectivity index (χ0n) is 16.5. The number of hydrogen-bond donors (Lipinski definition) is 2. The summed E-state index contributed by atoms with van der Waals surface area (Å²) >= 11 is 12.0. The monoisotopic (exact) mass is 472 g/mol. The minimum absolute atomic E-state index is 0.00774. The number of anilines is 1. The molecule has 0 aromatic heterocycles. The Morgan fingerprint density at radius 1 is 1.13 bits per heavy atom. The summed E-state index contributed by atoms with van der Waals surface area (Å²) in [6, 6.07) is 11.6. The number of rotatable bonds is 7. The number of benzene rings is 2. The Kier molecular flexibility index (Phi) is 7.60. The van der Waals surface area contributed by atoms with E-state index in [1.165, 1.54) is 16.4 Å². The maximum Gasteiger partial charge on any atom is 0.279 e. The van der Waals surface area contributed by atoms with Crippen LogP contribution in [0.15, 0.2) is 47.4 Å². The van der Waals surface area contributed by atoms with E-state index in [0.29, 0.717) is 43.5 Å². The average Bonchev–Trinajstić information content (AvgIpc) is 2.72. The Morgan fingerprint density at radius 3 is 2.43 bits per heavy atom. The third kappa shape index (κ3) is 5.65. The lowest BCUT2D eigenvalue weighted by Gasteiger charge is -2.31. The van der Waals surface area contributed by atoms with Gasteiger partial charge < -0.3 is 15.0 Å². The van der Waals surface area contributed by atoms with E-state index in [9.17, 15) is 13.2 Å². The second-order valence-electron chi connectivity index (χ2n) is 6.91. The lowest BCUT2D eigenvalue weighted by molar-refractivity contribution is -0.895. The molecule has 3 rings (SSSR count). The van der Waals surface area contributed by atoms with Gasteiger partial charge in [0.05, 0.1) is 37.8 Å². The molecular weight excluding hydrogens is 449 g/mol. The van der Waals surface area contributed by atoms with Crippen molar-refractivity contribution in [2.75, 3.05) is 44.6 Å². The third-order valence-corrected chi connectivity index (χ3v) is 7.42. The van der Waals surface area contributed by atoms with E-state index < -0.39 is 10.0 Å². The second-order valence-corrected chi connectivity index (χ2v) is 9.66. The van der Waals surface area contributed by atoms with Gasteiger partial charge in [0.15, 0.2) is 6.54 Å². The molecule has 0 aliphatic carbocycles. The van der Waals surface area contributed by atoms with E-state index in [4.69, 9.17) is 27.9 Å². The molecule has 0 saturated carbocycles. The highest BCUT2D eigenvalue weighted by atomic mass is 35.5. The number of carbonyl (C=O) groups excluding carboxylic acids is 1. The number of nitrogens with zero attached hydrogens (tertiary/aromatic N) is 1. The number of ether oxygens (including phenoxy) is 1. The van der Waals surface area contributed by atoms with Crippen LogP contribution in [0, 0.1) is 0 Å². The maximum absolute atomic E-state index is 12.9. The molecule has 1 saturated heterocycles. The first-order chi connectivity index (χ1) is 14.3. The largest absolute Gasteiger partial charge is 0.494 e. The van der Waals surface area contributed by atoms with Crippen molar-refractivity contribution in [3.63, 3.8) is 0 Å². The Labute approximate surface area is 186 Å². The van der Waals surface area contributed by atoms with E-state index in [2.05, 4.69) is 5.32 Å². The summed E-state index contributed by atoms with van der Waals surface area (Å²) in [5.74, 6) is 0.626. The number of halogens is 2. The number of nitrogens with one attached hydrogen (secondary N) is 2. The van der Waals surface area contributed by atoms with Crippen molar-refractivity contribution in [2.24, 2.45) is 0 Å². The van der Waals surface area contributed by atoms with E-state index >= 15 is 0 Å². The molecule has 2 aromatic carbocycles. The molecular formula is C20H24Cl2N3O4S+. The number of amides is 1. The Morgan fingerprint density at radius 2 is 1.80 bits per heavy atom. The van der Waals surface area contributed by atoms with Gasteiger partial charge >= 0.3 is 0 Å². The first-order valence-corrected chi connectivity index (χ1v) is 11.8. The molecule has 1 amide bonds. The predicted molar refractivity (Wildman–Crippen MR) is 117 cm³/mol. The van der Waals surface area contributed by atoms with Crippen LogP contribution in [-0.2, 0) is 14.8 Å². The molecule has 1 aliphatic heterocycles. The summed E-state index contributed by atoms with van der Waals surface area (Å²) < 4.78 is 32.5. The van der Waals surface area contributed by atoms with Gasteiger partial charge in [-0.25, -0.2) is 8.42 Å². The Bertz CT molecular complexity index is 992. The summed E-state index contributed by atoms with van der Waals surface area (Å²) in [6.45, 7) is 4.41. The minimum atomic E-state index is -3.73. The van der Waals surface area contributed by atoms with Crippen molar-refractivity contribution in [1.29, 1.82) is 0 Å². The molecule has 0 atom stereocenters. The van der Waals surface area contributed by atoms with Gasteiger partial charge in [-0.2, -0.15) is 4.31 Å². The number of quaternary nitrogens is 1. The standard InChI is InChI=1S/C20H23Cl2N3O4S/c1-2-29-17-6-4-16(5-7-17)23-20(26)14-24-9-11-25(12-10-24)30(27,28)19-13-15(21)3-8-18(19)22/h3-8,13H,2,9-12,14H2,1H3,(H,23,26)/p+1. The molecule has 7 nitrogen and oxygen atoms in total. The molecule has 0 spiro atoms. The highest BCUT2D eigenvalue weighted by Gasteiger charge is 2.32. The fourth-order valence-electron chi connectivity index (χ4n) is 3.27. The lowest BCUT2D eigenvalue weighted by Crippen LogP contribution is -3.15. The summed E-state index contributed by atoms with van der Waals surface area (Å²) in [6.07, 6.45) is 0. The van der Waals surface area contributed by atoms with Crippen LogP contribution < -0.4 is 15.0 Å². The van der Waals surface area contributed by atoms with Gasteiger partial charge in [0.1, 0.15) is 10.6 Å². The van der Waals surface area contributed by atoms with Gasteiger partial charge in [-0.05, 0) is 49.4 Å². The van der Waals surface area contributed by atoms with Crippen LogP contribution in [0.3, 0.4) is 0 Å². The average molecular weight is 473 g/mol. The molecule has 1 aliphatic rings. The lowest BCUT2D eigenvalue weighted by atomic mass is 10.3. The fourth-order valence-corrected chi connectivity index (χ4v) is 5.45. The van der Waals surface area contributed by atoms with Crippen LogP contribution >= 0.6 is 23.2 Å². The molecule has 1 heterocycles. The molecule has 0 radical (unpaired) electrons. The fraction of sp³-hybridized carbons (Fsp3) is 0.350. The molecule has 1 fully saturated rings. The Balaban J connectivity index is 1.53. The minimum Gasteiger partial charge on any atom is -0.494 e. The topological polar surface area (TPSA) is 80.2 Å². The third-order valence-electron chi connectivity index (χ3n) is 4.80. The highest BCUT2D eigenvalue weighted by molar-refractivity contribution is 7.89. The SMILES string of the molecule is CCOc1ccc(NC(=O)C[NH+]2CCN(S(=O)(=O)c3cc(Cl)ccc3Cl)CC2)cc1. The van der Waals surface area contributed by atoms with Crippen LogP contribution in [0.25, 0.3) is 0 Å². The smallest absolute Gasteiger partial charge is 0.279 e. The molecule has 162 valence electrons. The van der Waals surface area contributed by atoms with Gasteiger partial charge in [-0.3, -0.25) is 4.79 Å². The molecule has 2 aromatic rings. The number of hydrogen-bond acceptors (Lipinski definition) is 4. The van der Waals surface area contributed by atoms with Gasteiger partial charge in [-0.15, -0.1) is 0 Å². The van der Waals surface area contributed by atoms with E-state index in [-0.39, 0.29) is 22.4 Å². The van der Waals surface area contributed by atoms with Crippen molar-refractivity contribution < 1.29 is 22.8 Å². The quantitative estimate of drug-likeness (QED) is 0.644. The van der Waals surface area contributed by atoms with Crippen LogP contribution in [0.1, 0.15) is 6.92 Å². The van der Waals surface area contributed by atoms with Crippen molar-refractivity contribution in [1.82, 2.24) is 4.31 Å². The first kappa shape index (κ1) is 22.8. The van der Waals surface area contributed by atoms with Gasteiger partial charge in [-0.1, -0.05) is 23.2 Å². The zero-order valence-corrected chi connectivity index (χ0v) is 18.9. The van der Waals surface area contributed by atoms with E-state index in [1.54, 1.807) is 30.3 Å².